The summed E-state index contributed by atoms with van der Waals surface area (Å²) in [4.78, 5) is 16.9. The molecule has 1 amide bonds. The molecule has 0 radical (unpaired) electrons. The van der Waals surface area contributed by atoms with E-state index in [-0.39, 0.29) is 11.2 Å². The Morgan fingerprint density at radius 1 is 1.44 bits per heavy atom. The van der Waals surface area contributed by atoms with Crippen molar-refractivity contribution in [3.63, 3.8) is 0 Å². The van der Waals surface area contributed by atoms with E-state index in [9.17, 15) is 4.79 Å². The zero-order chi connectivity index (χ0) is 17.8. The second kappa shape index (κ2) is 8.08. The number of amides is 1. The number of nitrogens with zero attached hydrogens (tertiary/aromatic N) is 1. The normalized spacial score (nSPS) is 12.1. The van der Waals surface area contributed by atoms with Gasteiger partial charge in [-0.2, -0.15) is 0 Å². The fraction of sp³-hybridized carbons (Fsp3) is 0.222. The number of hydrogen-bond donors (Lipinski definition) is 1. The lowest BCUT2D eigenvalue weighted by Gasteiger charge is -2.13. The molecule has 0 unspecified atom stereocenters. The number of carbonyl (C=O) groups is 1. The molecule has 2 heterocycles. The average molecular weight is 393 g/mol. The van der Waals surface area contributed by atoms with Gasteiger partial charge in [-0.25, -0.2) is 4.98 Å². The van der Waals surface area contributed by atoms with Gasteiger partial charge in [0.1, 0.15) is 0 Å². The maximum absolute atomic E-state index is 12.4. The second-order valence-corrected chi connectivity index (χ2v) is 8.15. The molecule has 0 aliphatic heterocycles. The first-order valence-electron chi connectivity index (χ1n) is 7.70. The molecule has 0 aliphatic carbocycles. The van der Waals surface area contributed by atoms with Crippen LogP contribution >= 0.6 is 34.7 Å². The molecule has 25 heavy (non-hydrogen) atoms. The SMILES string of the molecule is Cc1ccc(Cl)cc1NC(=O)[C@H](C)SCc1csc(-c2ccco2)n1. The Morgan fingerprint density at radius 3 is 3.04 bits per heavy atom. The molecule has 3 rings (SSSR count). The van der Waals surface area contributed by atoms with Crippen molar-refractivity contribution in [1.82, 2.24) is 4.98 Å². The van der Waals surface area contributed by atoms with Gasteiger partial charge in [0, 0.05) is 21.8 Å². The molecule has 2 aromatic heterocycles. The highest BCUT2D eigenvalue weighted by Crippen LogP contribution is 2.27. The maximum Gasteiger partial charge on any atom is 0.237 e. The largest absolute Gasteiger partial charge is 0.462 e. The molecule has 1 atom stereocenters. The maximum atomic E-state index is 12.4. The van der Waals surface area contributed by atoms with Crippen LogP contribution < -0.4 is 5.32 Å². The van der Waals surface area contributed by atoms with Gasteiger partial charge in [0.05, 0.1) is 17.2 Å². The van der Waals surface area contributed by atoms with Gasteiger partial charge in [-0.3, -0.25) is 4.79 Å². The monoisotopic (exact) mass is 392 g/mol. The molecule has 0 bridgehead atoms. The quantitative estimate of drug-likeness (QED) is 0.591. The van der Waals surface area contributed by atoms with E-state index >= 15 is 0 Å². The first-order chi connectivity index (χ1) is 12.0. The third-order valence-corrected chi connectivity index (χ3v) is 5.91. The van der Waals surface area contributed by atoms with Crippen LogP contribution in [0.1, 0.15) is 18.2 Å². The highest BCUT2D eigenvalue weighted by Gasteiger charge is 2.16. The summed E-state index contributed by atoms with van der Waals surface area (Å²) in [6.07, 6.45) is 1.63. The molecule has 1 N–H and O–H groups in total. The van der Waals surface area contributed by atoms with Crippen molar-refractivity contribution in [2.45, 2.75) is 24.9 Å². The second-order valence-electron chi connectivity index (χ2n) is 5.52. The molecule has 130 valence electrons. The van der Waals surface area contributed by atoms with Gasteiger partial charge in [-0.15, -0.1) is 23.1 Å². The van der Waals surface area contributed by atoms with E-state index in [0.717, 1.165) is 27.7 Å². The van der Waals surface area contributed by atoms with E-state index in [0.29, 0.717) is 10.8 Å². The minimum absolute atomic E-state index is 0.0446. The van der Waals surface area contributed by atoms with Crippen LogP contribution in [0.25, 0.3) is 10.8 Å². The number of furan rings is 1. The van der Waals surface area contributed by atoms with E-state index < -0.39 is 0 Å². The van der Waals surface area contributed by atoms with E-state index in [1.807, 2.05) is 43.5 Å². The zero-order valence-electron chi connectivity index (χ0n) is 13.8. The van der Waals surface area contributed by atoms with Crippen LogP contribution in [0, 0.1) is 6.92 Å². The number of benzene rings is 1. The van der Waals surface area contributed by atoms with Crippen LogP contribution in [0.15, 0.2) is 46.4 Å². The number of nitrogens with one attached hydrogen (secondary N) is 1. The van der Waals surface area contributed by atoms with Crippen LogP contribution in [0.4, 0.5) is 5.69 Å². The minimum Gasteiger partial charge on any atom is -0.462 e. The number of carbonyl (C=O) groups excluding carboxylic acids is 1. The van der Waals surface area contributed by atoms with Gasteiger partial charge in [0.15, 0.2) is 10.8 Å². The van der Waals surface area contributed by atoms with E-state index in [4.69, 9.17) is 16.0 Å². The van der Waals surface area contributed by atoms with Gasteiger partial charge in [-0.1, -0.05) is 17.7 Å². The predicted octanol–water partition coefficient (Wildman–Crippen LogP) is 5.63. The van der Waals surface area contributed by atoms with E-state index in [2.05, 4.69) is 10.3 Å². The minimum atomic E-state index is -0.202. The summed E-state index contributed by atoms with van der Waals surface area (Å²) < 4.78 is 5.35. The molecular formula is C18H17ClN2O2S2. The molecule has 0 spiro atoms. The fourth-order valence-corrected chi connectivity index (χ4v) is 3.98. The van der Waals surface area contributed by atoms with Crippen molar-refractivity contribution < 1.29 is 9.21 Å². The first kappa shape index (κ1) is 18.0. The van der Waals surface area contributed by atoms with E-state index in [1.54, 1.807) is 35.4 Å². The number of aromatic nitrogens is 1. The predicted molar refractivity (Wildman–Crippen MR) is 105 cm³/mol. The Hall–Kier alpha value is -1.76. The molecular weight excluding hydrogens is 376 g/mol. The van der Waals surface area contributed by atoms with Crippen LogP contribution in [0.3, 0.4) is 0 Å². The topological polar surface area (TPSA) is 55.1 Å². The van der Waals surface area contributed by atoms with Crippen LogP contribution in [-0.4, -0.2) is 16.1 Å². The lowest BCUT2D eigenvalue weighted by molar-refractivity contribution is -0.115. The third-order valence-electron chi connectivity index (χ3n) is 3.59. The smallest absolute Gasteiger partial charge is 0.237 e. The van der Waals surface area contributed by atoms with Gasteiger partial charge >= 0.3 is 0 Å². The Kier molecular flexibility index (Phi) is 5.83. The number of anilines is 1. The Morgan fingerprint density at radius 2 is 2.28 bits per heavy atom. The molecule has 7 heteroatoms. The fourth-order valence-electron chi connectivity index (χ4n) is 2.14. The van der Waals surface area contributed by atoms with Crippen molar-refractivity contribution in [2.75, 3.05) is 5.32 Å². The van der Waals surface area contributed by atoms with Crippen molar-refractivity contribution >= 4 is 46.3 Å². The summed E-state index contributed by atoms with van der Waals surface area (Å²) in [6, 6.07) is 9.20. The Bertz CT molecular complexity index is 862. The molecule has 4 nitrogen and oxygen atoms in total. The number of hydrogen-bond acceptors (Lipinski definition) is 5. The van der Waals surface area contributed by atoms with Gasteiger partial charge in [0.2, 0.25) is 5.91 Å². The summed E-state index contributed by atoms with van der Waals surface area (Å²) in [5.41, 5.74) is 2.68. The van der Waals surface area contributed by atoms with Crippen LogP contribution in [0.2, 0.25) is 5.02 Å². The Labute approximate surface area is 159 Å². The third kappa shape index (κ3) is 4.66. The summed E-state index contributed by atoms with van der Waals surface area (Å²) in [5.74, 6) is 1.39. The number of halogens is 1. The zero-order valence-corrected chi connectivity index (χ0v) is 16.2. The molecule has 0 saturated heterocycles. The van der Waals surface area contributed by atoms with Crippen molar-refractivity contribution in [3.05, 3.63) is 58.3 Å². The summed E-state index contributed by atoms with van der Waals surface area (Å²) >= 11 is 9.08. The van der Waals surface area contributed by atoms with Gasteiger partial charge < -0.3 is 9.73 Å². The lowest BCUT2D eigenvalue weighted by Crippen LogP contribution is -2.23. The van der Waals surface area contributed by atoms with E-state index in [1.165, 1.54) is 0 Å². The molecule has 3 aromatic rings. The molecule has 1 aromatic carbocycles. The molecule has 0 fully saturated rings. The van der Waals surface area contributed by atoms with Crippen LogP contribution in [-0.2, 0) is 10.5 Å². The van der Waals surface area contributed by atoms with Crippen LogP contribution in [0.5, 0.6) is 0 Å². The molecule has 0 saturated carbocycles. The van der Waals surface area contributed by atoms with Gasteiger partial charge in [0.25, 0.3) is 0 Å². The van der Waals surface area contributed by atoms with Crippen molar-refractivity contribution in [2.24, 2.45) is 0 Å². The standard InChI is InChI=1S/C18H17ClN2O2S2/c1-11-5-6-13(19)8-15(11)21-17(22)12(2)24-9-14-10-25-18(20-14)16-4-3-7-23-16/h3-8,10,12H,9H2,1-2H3,(H,21,22)/t12-/m0/s1. The lowest BCUT2D eigenvalue weighted by atomic mass is 10.2. The highest BCUT2D eigenvalue weighted by atomic mass is 35.5. The summed E-state index contributed by atoms with van der Waals surface area (Å²) in [7, 11) is 0. The van der Waals surface area contributed by atoms with Crippen molar-refractivity contribution in [3.8, 4) is 10.8 Å². The number of thioether (sulfide) groups is 1. The van der Waals surface area contributed by atoms with Crippen molar-refractivity contribution in [1.29, 1.82) is 0 Å². The average Bonchev–Trinajstić information content (AvgIpc) is 3.26. The number of thiazole rings is 1. The summed E-state index contributed by atoms with van der Waals surface area (Å²) in [6.45, 7) is 3.83. The highest BCUT2D eigenvalue weighted by molar-refractivity contribution is 7.99. The number of rotatable bonds is 6. The number of aryl methyl sites for hydroxylation is 1. The summed E-state index contributed by atoms with van der Waals surface area (Å²) in [5, 5.41) is 6.19. The van der Waals surface area contributed by atoms with Gasteiger partial charge in [-0.05, 0) is 43.7 Å². The Balaban J connectivity index is 1.56. The first-order valence-corrected chi connectivity index (χ1v) is 10.0. The molecule has 0 aliphatic rings.